The summed E-state index contributed by atoms with van der Waals surface area (Å²) < 4.78 is 9.53. The van der Waals surface area contributed by atoms with E-state index in [2.05, 4.69) is 14.7 Å². The maximum Gasteiger partial charge on any atom is 0.248 e. The van der Waals surface area contributed by atoms with E-state index < -0.39 is 0 Å². The number of nitrogens with zero attached hydrogens (tertiary/aromatic N) is 2. The summed E-state index contributed by atoms with van der Waals surface area (Å²) in [5, 5.41) is 3.63. The fourth-order valence-corrected chi connectivity index (χ4v) is 0.673. The van der Waals surface area contributed by atoms with E-state index in [1.807, 2.05) is 0 Å². The number of oxazole rings is 1. The van der Waals surface area contributed by atoms with Gasteiger partial charge in [-0.1, -0.05) is 5.16 Å². The van der Waals surface area contributed by atoms with Crippen LogP contribution in [0.25, 0.3) is 11.6 Å². The minimum absolute atomic E-state index is 0.480. The first kappa shape index (κ1) is 5.22. The molecule has 2 aromatic heterocycles. The first-order valence-corrected chi connectivity index (χ1v) is 2.77. The molecular formula is C6H4N2O2. The van der Waals surface area contributed by atoms with Crippen molar-refractivity contribution < 1.29 is 8.94 Å². The average molecular weight is 136 g/mol. The summed E-state index contributed by atoms with van der Waals surface area (Å²) in [7, 11) is 0. The molecule has 50 valence electrons. The average Bonchev–Trinajstić information content (AvgIpc) is 2.59. The van der Waals surface area contributed by atoms with Crippen molar-refractivity contribution in [2.75, 3.05) is 0 Å². The second-order valence-electron chi connectivity index (χ2n) is 1.72. The maximum absolute atomic E-state index is 4.94. The van der Waals surface area contributed by atoms with E-state index in [-0.39, 0.29) is 0 Å². The molecule has 0 aliphatic heterocycles. The largest absolute Gasteiger partial charge is 0.443 e. The van der Waals surface area contributed by atoms with Crippen LogP contribution in [0.4, 0.5) is 0 Å². The molecule has 0 aliphatic carbocycles. The van der Waals surface area contributed by atoms with Crippen molar-refractivity contribution in [1.82, 2.24) is 10.1 Å². The molecule has 2 heterocycles. The van der Waals surface area contributed by atoms with Gasteiger partial charge in [0.1, 0.15) is 12.5 Å². The van der Waals surface area contributed by atoms with Gasteiger partial charge in [-0.2, -0.15) is 0 Å². The topological polar surface area (TPSA) is 52.1 Å². The summed E-state index contributed by atoms with van der Waals surface area (Å²) in [5.41, 5.74) is 0.616. The zero-order valence-electron chi connectivity index (χ0n) is 5.02. The van der Waals surface area contributed by atoms with Crippen LogP contribution in [-0.2, 0) is 0 Å². The molecule has 0 saturated carbocycles. The van der Waals surface area contributed by atoms with Gasteiger partial charge in [0.05, 0.1) is 6.20 Å². The predicted molar refractivity (Wildman–Crippen MR) is 32.0 cm³/mol. The Bertz CT molecular complexity index is 253. The van der Waals surface area contributed by atoms with E-state index in [0.29, 0.717) is 11.6 Å². The van der Waals surface area contributed by atoms with Gasteiger partial charge >= 0.3 is 0 Å². The van der Waals surface area contributed by atoms with Crippen LogP contribution in [-0.4, -0.2) is 10.1 Å². The van der Waals surface area contributed by atoms with E-state index in [0.717, 1.165) is 0 Å². The van der Waals surface area contributed by atoms with Gasteiger partial charge in [-0.3, -0.25) is 0 Å². The van der Waals surface area contributed by atoms with Crippen molar-refractivity contribution in [1.29, 1.82) is 0 Å². The highest BCUT2D eigenvalue weighted by Crippen LogP contribution is 2.12. The van der Waals surface area contributed by atoms with E-state index in [1.165, 1.54) is 12.5 Å². The van der Waals surface area contributed by atoms with Gasteiger partial charge in [0.25, 0.3) is 0 Å². The summed E-state index contributed by atoms with van der Waals surface area (Å²) in [6, 6.07) is 1.69. The van der Waals surface area contributed by atoms with E-state index in [4.69, 9.17) is 4.42 Å². The molecule has 0 unspecified atom stereocenters. The molecular weight excluding hydrogens is 132 g/mol. The molecule has 0 aromatic carbocycles. The van der Waals surface area contributed by atoms with E-state index >= 15 is 0 Å². The number of aromatic nitrogens is 2. The molecule has 2 rings (SSSR count). The molecule has 0 fully saturated rings. The Labute approximate surface area is 56.5 Å². The van der Waals surface area contributed by atoms with Crippen LogP contribution in [0.1, 0.15) is 0 Å². The number of hydrogen-bond donors (Lipinski definition) is 0. The summed E-state index contributed by atoms with van der Waals surface area (Å²) in [6.07, 6.45) is 4.52. The summed E-state index contributed by atoms with van der Waals surface area (Å²) in [5.74, 6) is 0.480. The fraction of sp³-hybridized carbons (Fsp3) is 0. The quantitative estimate of drug-likeness (QED) is 0.593. The Kier molecular flexibility index (Phi) is 1.04. The van der Waals surface area contributed by atoms with Gasteiger partial charge in [-0.25, -0.2) is 4.98 Å². The third-order valence-electron chi connectivity index (χ3n) is 1.09. The summed E-state index contributed by atoms with van der Waals surface area (Å²) >= 11 is 0. The third-order valence-corrected chi connectivity index (χ3v) is 1.09. The van der Waals surface area contributed by atoms with Crippen LogP contribution in [0.2, 0.25) is 0 Å². The molecule has 0 saturated heterocycles. The third kappa shape index (κ3) is 0.699. The molecule has 0 N–H and O–H groups in total. The lowest BCUT2D eigenvalue weighted by Gasteiger charge is -1.80. The lowest BCUT2D eigenvalue weighted by Crippen LogP contribution is -1.72. The Morgan fingerprint density at radius 2 is 2.30 bits per heavy atom. The maximum atomic E-state index is 4.94. The minimum atomic E-state index is 0.480. The van der Waals surface area contributed by atoms with Crippen LogP contribution in [0.5, 0.6) is 0 Å². The van der Waals surface area contributed by atoms with Crippen molar-refractivity contribution in [3.8, 4) is 11.6 Å². The molecule has 0 aliphatic rings. The first-order valence-electron chi connectivity index (χ1n) is 2.77. The zero-order valence-corrected chi connectivity index (χ0v) is 5.02. The van der Waals surface area contributed by atoms with Crippen molar-refractivity contribution in [3.63, 3.8) is 0 Å². The highest BCUT2D eigenvalue weighted by molar-refractivity contribution is 5.43. The van der Waals surface area contributed by atoms with Gasteiger partial charge < -0.3 is 8.94 Å². The SMILES string of the molecule is c1coc(-c2ccon2)n1. The predicted octanol–water partition coefficient (Wildman–Crippen LogP) is 1.33. The van der Waals surface area contributed by atoms with Crippen molar-refractivity contribution >= 4 is 0 Å². The molecule has 10 heavy (non-hydrogen) atoms. The highest BCUT2D eigenvalue weighted by atomic mass is 16.5. The van der Waals surface area contributed by atoms with Crippen LogP contribution in [0.15, 0.2) is 33.7 Å². The lowest BCUT2D eigenvalue weighted by atomic mass is 10.4. The first-order chi connectivity index (χ1) is 4.97. The monoisotopic (exact) mass is 136 g/mol. The lowest BCUT2D eigenvalue weighted by molar-refractivity contribution is 0.419. The minimum Gasteiger partial charge on any atom is -0.443 e. The fourth-order valence-electron chi connectivity index (χ4n) is 0.673. The van der Waals surface area contributed by atoms with Gasteiger partial charge in [0.2, 0.25) is 5.89 Å². The highest BCUT2D eigenvalue weighted by Gasteiger charge is 2.03. The van der Waals surface area contributed by atoms with Crippen LogP contribution in [0.3, 0.4) is 0 Å². The van der Waals surface area contributed by atoms with Crippen LogP contribution in [0, 0.1) is 0 Å². The zero-order chi connectivity index (χ0) is 6.81. The normalized spacial score (nSPS) is 10.0. The van der Waals surface area contributed by atoms with E-state index in [9.17, 15) is 0 Å². The standard InChI is InChI=1S/C6H4N2O2/c1-3-10-8-5(1)6-7-2-4-9-6/h1-4H. The van der Waals surface area contributed by atoms with Gasteiger partial charge in [-0.15, -0.1) is 0 Å². The van der Waals surface area contributed by atoms with Crippen molar-refractivity contribution in [3.05, 3.63) is 24.8 Å². The Balaban J connectivity index is 2.48. The molecule has 0 amide bonds. The number of rotatable bonds is 1. The summed E-state index contributed by atoms with van der Waals surface area (Å²) in [6.45, 7) is 0. The molecule has 0 bridgehead atoms. The van der Waals surface area contributed by atoms with E-state index in [1.54, 1.807) is 12.3 Å². The van der Waals surface area contributed by atoms with Crippen LogP contribution < -0.4 is 0 Å². The molecule has 0 radical (unpaired) electrons. The van der Waals surface area contributed by atoms with Gasteiger partial charge in [0.15, 0.2) is 5.69 Å². The van der Waals surface area contributed by atoms with Gasteiger partial charge in [-0.05, 0) is 0 Å². The smallest absolute Gasteiger partial charge is 0.248 e. The Morgan fingerprint density at radius 1 is 1.30 bits per heavy atom. The van der Waals surface area contributed by atoms with Crippen LogP contribution >= 0.6 is 0 Å². The van der Waals surface area contributed by atoms with Gasteiger partial charge in [0, 0.05) is 6.07 Å². The molecule has 4 heteroatoms. The number of hydrogen-bond acceptors (Lipinski definition) is 4. The molecule has 0 atom stereocenters. The summed E-state index contributed by atoms with van der Waals surface area (Å²) in [4.78, 5) is 3.87. The van der Waals surface area contributed by atoms with Crippen molar-refractivity contribution in [2.45, 2.75) is 0 Å². The Hall–Kier alpha value is -1.58. The molecule has 4 nitrogen and oxygen atoms in total. The molecule has 2 aromatic rings. The Morgan fingerprint density at radius 3 is 2.90 bits per heavy atom. The molecule has 0 spiro atoms. The second-order valence-corrected chi connectivity index (χ2v) is 1.72. The van der Waals surface area contributed by atoms with Crippen molar-refractivity contribution in [2.24, 2.45) is 0 Å². The second kappa shape index (κ2) is 1.98.